The number of hydrogen-bond donors (Lipinski definition) is 1. The van der Waals surface area contributed by atoms with E-state index in [-0.39, 0.29) is 0 Å². The van der Waals surface area contributed by atoms with Crippen LogP contribution in [0.2, 0.25) is 0 Å². The second-order valence-electron chi connectivity index (χ2n) is 2.57. The Labute approximate surface area is 78.9 Å². The van der Waals surface area contributed by atoms with Crippen LogP contribution in [0.4, 0.5) is 0 Å². The van der Waals surface area contributed by atoms with Gasteiger partial charge in [-0.3, -0.25) is 0 Å². The number of hydrogen-bond acceptors (Lipinski definition) is 2. The highest BCUT2D eigenvalue weighted by molar-refractivity contribution is 7.08. The number of carbonyl (C=O) groups is 1. The Hall–Kier alpha value is -1.55. The molecule has 4 heteroatoms. The van der Waals surface area contributed by atoms with E-state index in [1.54, 1.807) is 9.95 Å². The summed E-state index contributed by atoms with van der Waals surface area (Å²) in [5, 5.41) is 12.3. The molecule has 2 aromatic rings. The van der Waals surface area contributed by atoms with Crippen LogP contribution in [-0.2, 0) is 0 Å². The predicted molar refractivity (Wildman–Crippen MR) is 50.6 cm³/mol. The molecule has 2 aromatic heterocycles. The van der Waals surface area contributed by atoms with Gasteiger partial charge < -0.3 is 9.67 Å². The Morgan fingerprint density at radius 3 is 2.62 bits per heavy atom. The van der Waals surface area contributed by atoms with E-state index >= 15 is 0 Å². The summed E-state index contributed by atoms with van der Waals surface area (Å²) in [6.45, 7) is 0. The number of carboxylic acids is 1. The molecule has 2 heterocycles. The first-order chi connectivity index (χ1) is 6.29. The SMILES string of the molecule is O=C(O)c1cscc1-n1cccc1. The number of rotatable bonds is 2. The van der Waals surface area contributed by atoms with Crippen molar-refractivity contribution in [2.75, 3.05) is 0 Å². The van der Waals surface area contributed by atoms with Crippen molar-refractivity contribution in [2.45, 2.75) is 0 Å². The third-order valence-electron chi connectivity index (χ3n) is 1.75. The molecule has 2 rings (SSSR count). The maximum atomic E-state index is 10.8. The molecule has 0 saturated carbocycles. The van der Waals surface area contributed by atoms with Gasteiger partial charge in [0.05, 0.1) is 11.3 Å². The average Bonchev–Trinajstić information content (AvgIpc) is 2.74. The Bertz CT molecular complexity index is 417. The molecule has 0 aromatic carbocycles. The Balaban J connectivity index is 2.52. The largest absolute Gasteiger partial charge is 0.478 e. The average molecular weight is 193 g/mol. The molecule has 0 amide bonds. The second-order valence-corrected chi connectivity index (χ2v) is 3.31. The summed E-state index contributed by atoms with van der Waals surface area (Å²) in [4.78, 5) is 10.8. The van der Waals surface area contributed by atoms with E-state index in [1.165, 1.54) is 11.3 Å². The van der Waals surface area contributed by atoms with E-state index in [1.807, 2.05) is 29.9 Å². The zero-order chi connectivity index (χ0) is 9.26. The smallest absolute Gasteiger partial charge is 0.338 e. The van der Waals surface area contributed by atoms with Crippen molar-refractivity contribution in [2.24, 2.45) is 0 Å². The zero-order valence-corrected chi connectivity index (χ0v) is 7.49. The first kappa shape index (κ1) is 8.07. The lowest BCUT2D eigenvalue weighted by Gasteiger charge is -2.00. The Kier molecular flexibility index (Phi) is 1.90. The molecule has 0 fully saturated rings. The molecule has 1 N–H and O–H groups in total. The van der Waals surface area contributed by atoms with Gasteiger partial charge in [0.25, 0.3) is 0 Å². The van der Waals surface area contributed by atoms with Crippen LogP contribution >= 0.6 is 11.3 Å². The lowest BCUT2D eigenvalue weighted by molar-refractivity contribution is 0.0697. The highest BCUT2D eigenvalue weighted by Gasteiger charge is 2.11. The van der Waals surface area contributed by atoms with Crippen LogP contribution < -0.4 is 0 Å². The molecular formula is C9H7NO2S. The van der Waals surface area contributed by atoms with Gasteiger partial charge in [-0.1, -0.05) is 0 Å². The van der Waals surface area contributed by atoms with E-state index in [0.29, 0.717) is 5.56 Å². The van der Waals surface area contributed by atoms with E-state index in [0.717, 1.165) is 5.69 Å². The van der Waals surface area contributed by atoms with Crippen molar-refractivity contribution in [1.82, 2.24) is 4.57 Å². The maximum absolute atomic E-state index is 10.8. The van der Waals surface area contributed by atoms with Crippen LogP contribution in [-0.4, -0.2) is 15.6 Å². The fraction of sp³-hybridized carbons (Fsp3) is 0. The lowest BCUT2D eigenvalue weighted by Crippen LogP contribution is -2.00. The van der Waals surface area contributed by atoms with Crippen LogP contribution in [0, 0.1) is 0 Å². The molecule has 0 spiro atoms. The van der Waals surface area contributed by atoms with E-state index < -0.39 is 5.97 Å². The first-order valence-electron chi connectivity index (χ1n) is 3.72. The minimum atomic E-state index is -0.884. The van der Waals surface area contributed by atoms with Crippen LogP contribution in [0.1, 0.15) is 10.4 Å². The molecule has 0 aliphatic carbocycles. The second kappa shape index (κ2) is 3.06. The van der Waals surface area contributed by atoms with Crippen molar-refractivity contribution < 1.29 is 9.90 Å². The number of aromatic carboxylic acids is 1. The van der Waals surface area contributed by atoms with Gasteiger partial charge in [-0.15, -0.1) is 11.3 Å². The van der Waals surface area contributed by atoms with Crippen LogP contribution in [0.3, 0.4) is 0 Å². The van der Waals surface area contributed by atoms with E-state index in [4.69, 9.17) is 5.11 Å². The molecule has 66 valence electrons. The van der Waals surface area contributed by atoms with Crippen LogP contribution in [0.15, 0.2) is 35.3 Å². The minimum absolute atomic E-state index is 0.348. The fourth-order valence-corrected chi connectivity index (χ4v) is 1.95. The molecule has 0 unspecified atom stereocenters. The summed E-state index contributed by atoms with van der Waals surface area (Å²) >= 11 is 1.39. The van der Waals surface area contributed by atoms with Gasteiger partial charge in [0, 0.05) is 23.2 Å². The summed E-state index contributed by atoms with van der Waals surface area (Å²) in [7, 11) is 0. The number of carboxylic acid groups (broad SMARTS) is 1. The van der Waals surface area contributed by atoms with Crippen molar-refractivity contribution in [3.05, 3.63) is 40.8 Å². The summed E-state index contributed by atoms with van der Waals surface area (Å²) in [5.41, 5.74) is 1.07. The minimum Gasteiger partial charge on any atom is -0.478 e. The molecule has 0 radical (unpaired) electrons. The lowest BCUT2D eigenvalue weighted by atomic mass is 10.3. The molecule has 3 nitrogen and oxygen atoms in total. The van der Waals surface area contributed by atoms with Gasteiger partial charge in [0.15, 0.2) is 0 Å². The summed E-state index contributed by atoms with van der Waals surface area (Å²) in [6, 6.07) is 3.73. The predicted octanol–water partition coefficient (Wildman–Crippen LogP) is 2.24. The number of nitrogens with zero attached hydrogens (tertiary/aromatic N) is 1. The quantitative estimate of drug-likeness (QED) is 0.794. The van der Waals surface area contributed by atoms with Gasteiger partial charge >= 0.3 is 5.97 Å². The normalized spacial score (nSPS) is 10.2. The third-order valence-corrected chi connectivity index (χ3v) is 2.49. The zero-order valence-electron chi connectivity index (χ0n) is 6.68. The number of aromatic nitrogens is 1. The van der Waals surface area contributed by atoms with Crippen molar-refractivity contribution >= 4 is 17.3 Å². The van der Waals surface area contributed by atoms with Crippen LogP contribution in [0.5, 0.6) is 0 Å². The summed E-state index contributed by atoms with van der Waals surface area (Å²) in [5.74, 6) is -0.884. The van der Waals surface area contributed by atoms with Crippen molar-refractivity contribution in [1.29, 1.82) is 0 Å². The van der Waals surface area contributed by atoms with E-state index in [2.05, 4.69) is 0 Å². The third kappa shape index (κ3) is 1.36. The fourth-order valence-electron chi connectivity index (χ4n) is 1.15. The summed E-state index contributed by atoms with van der Waals surface area (Å²) in [6.07, 6.45) is 3.66. The summed E-state index contributed by atoms with van der Waals surface area (Å²) < 4.78 is 1.79. The molecular weight excluding hydrogens is 186 g/mol. The topological polar surface area (TPSA) is 42.2 Å². The number of thiophene rings is 1. The van der Waals surface area contributed by atoms with Gasteiger partial charge in [0.2, 0.25) is 0 Å². The first-order valence-corrected chi connectivity index (χ1v) is 4.66. The standard InChI is InChI=1S/C9H7NO2S/c11-9(12)7-5-13-6-8(7)10-3-1-2-4-10/h1-6H,(H,11,12). The van der Waals surface area contributed by atoms with Gasteiger partial charge in [0.1, 0.15) is 0 Å². The molecule has 0 atom stereocenters. The molecule has 0 aliphatic rings. The molecule has 0 saturated heterocycles. The maximum Gasteiger partial charge on any atom is 0.338 e. The highest BCUT2D eigenvalue weighted by Crippen LogP contribution is 2.19. The van der Waals surface area contributed by atoms with Crippen LogP contribution in [0.25, 0.3) is 5.69 Å². The van der Waals surface area contributed by atoms with E-state index in [9.17, 15) is 4.79 Å². The highest BCUT2D eigenvalue weighted by atomic mass is 32.1. The Morgan fingerprint density at radius 1 is 1.31 bits per heavy atom. The van der Waals surface area contributed by atoms with Gasteiger partial charge in [-0.2, -0.15) is 0 Å². The van der Waals surface area contributed by atoms with Gasteiger partial charge in [-0.25, -0.2) is 4.79 Å². The van der Waals surface area contributed by atoms with Crippen molar-refractivity contribution in [3.63, 3.8) is 0 Å². The molecule has 13 heavy (non-hydrogen) atoms. The van der Waals surface area contributed by atoms with Gasteiger partial charge in [-0.05, 0) is 12.1 Å². The molecule has 0 bridgehead atoms. The van der Waals surface area contributed by atoms with Crippen molar-refractivity contribution in [3.8, 4) is 5.69 Å². The molecule has 0 aliphatic heterocycles. The monoisotopic (exact) mass is 193 g/mol. The Morgan fingerprint density at radius 2 is 2.00 bits per heavy atom.